The van der Waals surface area contributed by atoms with Gasteiger partial charge in [0.15, 0.2) is 22.6 Å². The third-order valence-corrected chi connectivity index (χ3v) is 6.25. The third-order valence-electron chi connectivity index (χ3n) is 4.13. The second-order valence-corrected chi connectivity index (χ2v) is 8.06. The topological polar surface area (TPSA) is 86.2 Å². The Bertz CT molecular complexity index is 1220. The van der Waals surface area contributed by atoms with Gasteiger partial charge in [0.25, 0.3) is 5.91 Å². The number of hydrogen-bond donors (Lipinski definition) is 1. The summed E-state index contributed by atoms with van der Waals surface area (Å²) in [6.45, 7) is 1.99. The minimum Gasteiger partial charge on any atom is -0.480 e. The lowest BCUT2D eigenvalue weighted by atomic mass is 10.2. The molecule has 1 aromatic carbocycles. The zero-order valence-corrected chi connectivity index (χ0v) is 17.1. The van der Waals surface area contributed by atoms with Crippen LogP contribution in [0.2, 0.25) is 0 Å². The summed E-state index contributed by atoms with van der Waals surface area (Å²) in [7, 11) is 3.03. The first-order valence-corrected chi connectivity index (χ1v) is 9.94. The molecule has 0 fully saturated rings. The summed E-state index contributed by atoms with van der Waals surface area (Å²) in [4.78, 5) is 26.7. The molecule has 0 saturated carbocycles. The number of nitrogens with one attached hydrogen (secondary N) is 1. The van der Waals surface area contributed by atoms with E-state index in [-0.39, 0.29) is 17.3 Å². The number of anilines is 1. The lowest BCUT2D eigenvalue weighted by Crippen LogP contribution is -2.11. The van der Waals surface area contributed by atoms with Crippen LogP contribution in [0.15, 0.2) is 12.1 Å². The highest BCUT2D eigenvalue weighted by molar-refractivity contribution is 7.23. The average molecular weight is 436 g/mol. The molecule has 150 valence electrons. The first kappa shape index (κ1) is 19.6. The number of fused-ring (bicyclic) bond motifs is 2. The van der Waals surface area contributed by atoms with Crippen molar-refractivity contribution in [3.8, 4) is 5.88 Å². The van der Waals surface area contributed by atoms with E-state index in [4.69, 9.17) is 9.47 Å². The van der Waals surface area contributed by atoms with Gasteiger partial charge >= 0.3 is 0 Å². The van der Waals surface area contributed by atoms with Gasteiger partial charge < -0.3 is 9.47 Å². The number of ether oxygens (including phenoxy) is 2. The van der Waals surface area contributed by atoms with E-state index in [0.29, 0.717) is 37.1 Å². The van der Waals surface area contributed by atoms with Crippen LogP contribution in [0.3, 0.4) is 0 Å². The van der Waals surface area contributed by atoms with Gasteiger partial charge in [0, 0.05) is 13.2 Å². The van der Waals surface area contributed by atoms with Crippen LogP contribution in [-0.2, 0) is 11.3 Å². The van der Waals surface area contributed by atoms with Crippen LogP contribution in [0.5, 0.6) is 5.88 Å². The summed E-state index contributed by atoms with van der Waals surface area (Å²) in [5.41, 5.74) is 0.940. The number of carbonyl (C=O) groups is 1. The van der Waals surface area contributed by atoms with E-state index in [1.807, 2.05) is 0 Å². The molecule has 7 nitrogen and oxygen atoms in total. The predicted octanol–water partition coefficient (Wildman–Crippen LogP) is 4.29. The van der Waals surface area contributed by atoms with Crippen molar-refractivity contribution in [2.45, 2.75) is 13.5 Å². The summed E-state index contributed by atoms with van der Waals surface area (Å²) in [5.74, 6) is -1.54. The number of halogens is 2. The zero-order chi connectivity index (χ0) is 20.7. The van der Waals surface area contributed by atoms with Gasteiger partial charge in [-0.2, -0.15) is 4.98 Å². The van der Waals surface area contributed by atoms with E-state index in [1.165, 1.54) is 25.6 Å². The van der Waals surface area contributed by atoms with Crippen molar-refractivity contribution in [2.24, 2.45) is 0 Å². The van der Waals surface area contributed by atoms with Crippen LogP contribution in [0, 0.1) is 18.6 Å². The fourth-order valence-corrected chi connectivity index (χ4v) is 4.79. The number of thiazole rings is 1. The Hall–Kier alpha value is -2.76. The van der Waals surface area contributed by atoms with Crippen molar-refractivity contribution in [3.05, 3.63) is 40.0 Å². The Labute approximate surface area is 171 Å². The Morgan fingerprint density at radius 3 is 2.62 bits per heavy atom. The lowest BCUT2D eigenvalue weighted by Gasteiger charge is -2.05. The summed E-state index contributed by atoms with van der Waals surface area (Å²) in [6, 6.07) is 2.06. The maximum Gasteiger partial charge on any atom is 0.267 e. The van der Waals surface area contributed by atoms with Gasteiger partial charge in [0.1, 0.15) is 11.4 Å². The number of aryl methyl sites for hydroxylation is 1. The summed E-state index contributed by atoms with van der Waals surface area (Å²) in [6.07, 6.45) is 0. The fraction of sp³-hybridized carbons (Fsp3) is 0.222. The van der Waals surface area contributed by atoms with E-state index < -0.39 is 17.5 Å². The number of benzene rings is 1. The molecule has 0 aliphatic rings. The molecule has 0 aliphatic heterocycles. The molecule has 0 unspecified atom stereocenters. The molecule has 1 N–H and O–H groups in total. The van der Waals surface area contributed by atoms with E-state index >= 15 is 0 Å². The molecular formula is C18H14F2N4O3S2. The minimum atomic E-state index is -0.987. The molecule has 0 radical (unpaired) electrons. The highest BCUT2D eigenvalue weighted by Crippen LogP contribution is 2.36. The molecule has 0 spiro atoms. The number of carbonyl (C=O) groups excluding carboxylic acids is 1. The SMILES string of the molecule is COCc1nc(OC)c2c(C)c(C(=O)Nc3nc4cc(F)c(F)cc4s3)sc2n1. The summed E-state index contributed by atoms with van der Waals surface area (Å²) >= 11 is 2.25. The molecule has 4 aromatic rings. The van der Waals surface area contributed by atoms with Gasteiger partial charge in [0.2, 0.25) is 5.88 Å². The molecular weight excluding hydrogens is 422 g/mol. The molecule has 1 amide bonds. The number of amides is 1. The number of aromatic nitrogens is 3. The standard InChI is InChI=1S/C18H14F2N4O3S2/c1-7-13-16(27-3)22-12(6-26-2)23-17(13)29-14(7)15(25)24-18-21-10-4-8(19)9(20)5-11(10)28-18/h4-5H,6H2,1-3H3,(H,21,24,25). The number of thiophene rings is 1. The van der Waals surface area contributed by atoms with E-state index in [2.05, 4.69) is 20.3 Å². The van der Waals surface area contributed by atoms with Crippen LogP contribution in [0.25, 0.3) is 20.4 Å². The van der Waals surface area contributed by atoms with Crippen molar-refractivity contribution >= 4 is 54.1 Å². The molecule has 3 heterocycles. The maximum absolute atomic E-state index is 13.4. The first-order valence-electron chi connectivity index (χ1n) is 8.31. The molecule has 0 bridgehead atoms. The highest BCUT2D eigenvalue weighted by Gasteiger charge is 2.22. The van der Waals surface area contributed by atoms with Crippen molar-refractivity contribution in [1.29, 1.82) is 0 Å². The Balaban J connectivity index is 1.70. The van der Waals surface area contributed by atoms with Gasteiger partial charge in [-0.05, 0) is 18.6 Å². The Kier molecular flexibility index (Phi) is 5.11. The molecule has 0 aliphatic carbocycles. The molecule has 4 rings (SSSR count). The third kappa shape index (κ3) is 3.52. The predicted molar refractivity (Wildman–Crippen MR) is 107 cm³/mol. The van der Waals surface area contributed by atoms with Crippen molar-refractivity contribution < 1.29 is 23.0 Å². The summed E-state index contributed by atoms with van der Waals surface area (Å²) < 4.78 is 37.6. The van der Waals surface area contributed by atoms with Gasteiger partial charge in [-0.1, -0.05) is 11.3 Å². The molecule has 0 saturated heterocycles. The monoisotopic (exact) mass is 436 g/mol. The lowest BCUT2D eigenvalue weighted by molar-refractivity contribution is 0.103. The summed E-state index contributed by atoms with van der Waals surface area (Å²) in [5, 5.41) is 3.58. The minimum absolute atomic E-state index is 0.212. The normalized spacial score (nSPS) is 11.3. The van der Waals surface area contributed by atoms with Crippen molar-refractivity contribution in [2.75, 3.05) is 19.5 Å². The van der Waals surface area contributed by atoms with E-state index in [1.54, 1.807) is 6.92 Å². The van der Waals surface area contributed by atoms with Crippen molar-refractivity contribution in [3.63, 3.8) is 0 Å². The maximum atomic E-state index is 13.4. The van der Waals surface area contributed by atoms with Crippen LogP contribution in [-0.4, -0.2) is 35.1 Å². The smallest absolute Gasteiger partial charge is 0.267 e. The molecule has 3 aromatic heterocycles. The molecule has 11 heteroatoms. The largest absolute Gasteiger partial charge is 0.480 e. The van der Waals surface area contributed by atoms with E-state index in [0.717, 1.165) is 23.5 Å². The fourth-order valence-electron chi connectivity index (χ4n) is 2.83. The zero-order valence-electron chi connectivity index (χ0n) is 15.5. The van der Waals surface area contributed by atoms with Gasteiger partial charge in [-0.15, -0.1) is 11.3 Å². The van der Waals surface area contributed by atoms with Crippen molar-refractivity contribution in [1.82, 2.24) is 15.0 Å². The van der Waals surface area contributed by atoms with Gasteiger partial charge in [0.05, 0.1) is 27.6 Å². The van der Waals surface area contributed by atoms with Gasteiger partial charge in [-0.25, -0.2) is 18.7 Å². The number of methoxy groups -OCH3 is 2. The Morgan fingerprint density at radius 1 is 1.14 bits per heavy atom. The average Bonchev–Trinajstić information content (AvgIpc) is 3.22. The number of rotatable bonds is 5. The van der Waals surface area contributed by atoms with Crippen LogP contribution < -0.4 is 10.1 Å². The van der Waals surface area contributed by atoms with Crippen LogP contribution in [0.1, 0.15) is 21.1 Å². The van der Waals surface area contributed by atoms with Gasteiger partial charge in [-0.3, -0.25) is 10.1 Å². The van der Waals surface area contributed by atoms with Crippen LogP contribution >= 0.6 is 22.7 Å². The second-order valence-electron chi connectivity index (χ2n) is 6.03. The number of nitrogens with zero attached hydrogens (tertiary/aromatic N) is 3. The number of hydrogen-bond acceptors (Lipinski definition) is 8. The van der Waals surface area contributed by atoms with Crippen LogP contribution in [0.4, 0.5) is 13.9 Å². The molecule has 29 heavy (non-hydrogen) atoms. The second kappa shape index (κ2) is 7.58. The Morgan fingerprint density at radius 2 is 1.90 bits per heavy atom. The first-order chi connectivity index (χ1) is 13.9. The quantitative estimate of drug-likeness (QED) is 0.502. The molecule has 0 atom stereocenters. The van der Waals surface area contributed by atoms with E-state index in [9.17, 15) is 13.6 Å². The highest BCUT2D eigenvalue weighted by atomic mass is 32.1.